The first-order chi connectivity index (χ1) is 10.5. The summed E-state index contributed by atoms with van der Waals surface area (Å²) in [6, 6.07) is -1.54. The molecule has 2 rings (SSSR count). The zero-order chi connectivity index (χ0) is 16.1. The van der Waals surface area contributed by atoms with E-state index in [4.69, 9.17) is 5.73 Å². The first-order valence-corrected chi connectivity index (χ1v) is 7.39. The van der Waals surface area contributed by atoms with Gasteiger partial charge in [-0.15, -0.1) is 0 Å². The highest BCUT2D eigenvalue weighted by Gasteiger charge is 2.31. The van der Waals surface area contributed by atoms with E-state index >= 15 is 0 Å². The lowest BCUT2D eigenvalue weighted by Gasteiger charge is -2.46. The molecular formula is C12H24N8O2. The molecule has 10 heteroatoms. The number of carbonyl (C=O) groups is 2. The lowest BCUT2D eigenvalue weighted by molar-refractivity contribution is -0.163. The number of carbonyl (C=O) groups excluding carboxylic acids is 2. The summed E-state index contributed by atoms with van der Waals surface area (Å²) in [7, 11) is 4.10. The Kier molecular flexibility index (Phi) is 5.77. The number of hydrazine groups is 2. The molecule has 2 saturated heterocycles. The maximum absolute atomic E-state index is 12.4. The quantitative estimate of drug-likeness (QED) is 0.674. The second-order valence-corrected chi connectivity index (χ2v) is 5.62. The van der Waals surface area contributed by atoms with Gasteiger partial charge in [0.15, 0.2) is 0 Å². The molecule has 22 heavy (non-hydrogen) atoms. The third-order valence-electron chi connectivity index (χ3n) is 3.90. The van der Waals surface area contributed by atoms with Crippen molar-refractivity contribution < 1.29 is 9.59 Å². The minimum absolute atomic E-state index is 0.576. The van der Waals surface area contributed by atoms with Gasteiger partial charge in [-0.2, -0.15) is 15.1 Å². The van der Waals surface area contributed by atoms with Crippen LogP contribution in [0.15, 0.2) is 10.2 Å². The van der Waals surface area contributed by atoms with Crippen LogP contribution in [-0.4, -0.2) is 103 Å². The van der Waals surface area contributed by atoms with Crippen LogP contribution in [0.25, 0.3) is 0 Å². The van der Waals surface area contributed by atoms with E-state index in [-0.39, 0.29) is 0 Å². The summed E-state index contributed by atoms with van der Waals surface area (Å²) in [6.07, 6.45) is 0. The Morgan fingerprint density at radius 2 is 1.23 bits per heavy atom. The van der Waals surface area contributed by atoms with Crippen molar-refractivity contribution in [3.63, 3.8) is 0 Å². The second-order valence-electron chi connectivity index (χ2n) is 5.62. The zero-order valence-electron chi connectivity index (χ0n) is 13.2. The molecule has 0 bridgehead atoms. The monoisotopic (exact) mass is 312 g/mol. The summed E-state index contributed by atoms with van der Waals surface area (Å²) in [5.74, 6) is 0. The number of urea groups is 2. The van der Waals surface area contributed by atoms with Gasteiger partial charge in [0.2, 0.25) is 0 Å². The normalized spacial score (nSPS) is 23.0. The fourth-order valence-electron chi connectivity index (χ4n) is 2.52. The van der Waals surface area contributed by atoms with E-state index < -0.39 is 12.1 Å². The summed E-state index contributed by atoms with van der Waals surface area (Å²) in [5.41, 5.74) is 4.92. The van der Waals surface area contributed by atoms with Gasteiger partial charge in [-0.3, -0.25) is 0 Å². The molecule has 2 N–H and O–H groups in total. The first kappa shape index (κ1) is 16.7. The molecule has 0 aromatic carbocycles. The van der Waals surface area contributed by atoms with Crippen molar-refractivity contribution >= 4 is 12.1 Å². The molecule has 124 valence electrons. The Morgan fingerprint density at radius 1 is 0.818 bits per heavy atom. The molecule has 2 heterocycles. The topological polar surface area (TPSA) is 101 Å². The smallest absolute Gasteiger partial charge is 0.348 e. The van der Waals surface area contributed by atoms with E-state index in [9.17, 15) is 9.59 Å². The minimum Gasteiger partial charge on any atom is -0.348 e. The highest BCUT2D eigenvalue weighted by Crippen LogP contribution is 2.13. The number of azo groups is 1. The molecule has 0 aromatic heterocycles. The highest BCUT2D eigenvalue weighted by molar-refractivity contribution is 5.78. The third-order valence-corrected chi connectivity index (χ3v) is 3.90. The molecular weight excluding hydrogens is 288 g/mol. The first-order valence-electron chi connectivity index (χ1n) is 7.39. The number of piperazine rings is 2. The van der Waals surface area contributed by atoms with E-state index in [1.54, 1.807) is 0 Å². The molecule has 0 aromatic rings. The molecule has 0 saturated carbocycles. The van der Waals surface area contributed by atoms with Gasteiger partial charge in [0.25, 0.3) is 0 Å². The van der Waals surface area contributed by atoms with Crippen molar-refractivity contribution in [1.82, 2.24) is 24.9 Å². The molecule has 10 nitrogen and oxygen atoms in total. The molecule has 0 spiro atoms. The predicted octanol–water partition coefficient (Wildman–Crippen LogP) is -0.736. The maximum atomic E-state index is 12.4. The summed E-state index contributed by atoms with van der Waals surface area (Å²) < 4.78 is 0. The van der Waals surface area contributed by atoms with Gasteiger partial charge in [-0.25, -0.2) is 9.59 Å². The van der Waals surface area contributed by atoms with Crippen LogP contribution in [0.2, 0.25) is 0 Å². The van der Waals surface area contributed by atoms with Crippen molar-refractivity contribution in [3.8, 4) is 0 Å². The molecule has 4 amide bonds. The molecule has 2 aliphatic rings. The Morgan fingerprint density at radius 3 is 1.59 bits per heavy atom. The van der Waals surface area contributed by atoms with Crippen LogP contribution in [0, 0.1) is 0 Å². The second kappa shape index (κ2) is 7.58. The lowest BCUT2D eigenvalue weighted by Crippen LogP contribution is -2.63. The Labute approximate surface area is 130 Å². The number of primary amides is 1. The summed E-state index contributed by atoms with van der Waals surface area (Å²) in [4.78, 5) is 27.5. The fraction of sp³-hybridized carbons (Fsp3) is 0.833. The lowest BCUT2D eigenvalue weighted by atomic mass is 10.3. The molecule has 2 fully saturated rings. The van der Waals surface area contributed by atoms with Gasteiger partial charge in [-0.05, 0) is 14.1 Å². The van der Waals surface area contributed by atoms with Crippen molar-refractivity contribution in [2.24, 2.45) is 16.0 Å². The Hall–Kier alpha value is -1.62. The highest BCUT2D eigenvalue weighted by atomic mass is 16.2. The van der Waals surface area contributed by atoms with E-state index in [0.717, 1.165) is 52.4 Å². The van der Waals surface area contributed by atoms with Crippen molar-refractivity contribution in [1.29, 1.82) is 0 Å². The van der Waals surface area contributed by atoms with Gasteiger partial charge in [-0.1, -0.05) is 10.2 Å². The number of likely N-dealkylation sites (N-methyl/N-ethyl adjacent to an activating group) is 2. The number of amides is 4. The van der Waals surface area contributed by atoms with Crippen LogP contribution in [0.5, 0.6) is 0 Å². The Bertz CT molecular complexity index is 405. The minimum atomic E-state index is -0.968. The number of hydrogen-bond acceptors (Lipinski definition) is 6. The van der Waals surface area contributed by atoms with Crippen molar-refractivity contribution in [2.75, 3.05) is 66.5 Å². The van der Waals surface area contributed by atoms with E-state index in [0.29, 0.717) is 0 Å². The van der Waals surface area contributed by atoms with Gasteiger partial charge < -0.3 is 15.5 Å². The van der Waals surface area contributed by atoms with E-state index in [1.165, 1.54) is 5.12 Å². The standard InChI is InChI=1S/C12H24N8O2/c1-16-3-7-18(8-4-16)20(12(22)15-14-11(13)21)19-9-5-17(2)6-10-19/h3-10H2,1-2H3,(H2,13,21)/b15-14+. The summed E-state index contributed by atoms with van der Waals surface area (Å²) in [6.45, 7) is 6.35. The van der Waals surface area contributed by atoms with Crippen molar-refractivity contribution in [2.45, 2.75) is 0 Å². The van der Waals surface area contributed by atoms with Crippen LogP contribution in [0.1, 0.15) is 0 Å². The molecule has 2 aliphatic heterocycles. The van der Waals surface area contributed by atoms with Crippen molar-refractivity contribution in [3.05, 3.63) is 0 Å². The zero-order valence-corrected chi connectivity index (χ0v) is 13.2. The van der Waals surface area contributed by atoms with Crippen LogP contribution in [0.4, 0.5) is 9.59 Å². The molecule has 0 unspecified atom stereocenters. The van der Waals surface area contributed by atoms with Gasteiger partial charge >= 0.3 is 12.1 Å². The number of hydrogen-bond donors (Lipinski definition) is 1. The number of nitrogens with zero attached hydrogens (tertiary/aromatic N) is 7. The maximum Gasteiger partial charge on any atom is 0.392 e. The predicted molar refractivity (Wildman–Crippen MR) is 79.8 cm³/mol. The van der Waals surface area contributed by atoms with Gasteiger partial charge in [0, 0.05) is 52.4 Å². The van der Waals surface area contributed by atoms with Crippen LogP contribution in [-0.2, 0) is 0 Å². The molecule has 0 radical (unpaired) electrons. The molecule has 0 aliphatic carbocycles. The summed E-state index contributed by atoms with van der Waals surface area (Å²) >= 11 is 0. The fourth-order valence-corrected chi connectivity index (χ4v) is 2.52. The Balaban J connectivity index is 2.09. The summed E-state index contributed by atoms with van der Waals surface area (Å²) in [5, 5.41) is 12.0. The van der Waals surface area contributed by atoms with Crippen LogP contribution < -0.4 is 5.73 Å². The number of rotatable bonds is 2. The van der Waals surface area contributed by atoms with E-state index in [1.807, 2.05) is 24.1 Å². The van der Waals surface area contributed by atoms with Crippen LogP contribution >= 0.6 is 0 Å². The van der Waals surface area contributed by atoms with Crippen LogP contribution in [0.3, 0.4) is 0 Å². The average Bonchev–Trinajstić information content (AvgIpc) is 2.49. The SMILES string of the molecule is CN1CCN(N(C(=O)/N=N/C(N)=O)N2CCN(C)CC2)CC1. The third kappa shape index (κ3) is 4.44. The largest absolute Gasteiger partial charge is 0.392 e. The average molecular weight is 312 g/mol. The molecule has 0 atom stereocenters. The van der Waals surface area contributed by atoms with E-state index in [2.05, 4.69) is 20.0 Å². The number of nitrogens with two attached hydrogens (primary N) is 1. The van der Waals surface area contributed by atoms with Gasteiger partial charge in [0.1, 0.15) is 0 Å². The van der Waals surface area contributed by atoms with Gasteiger partial charge in [0.05, 0.1) is 0 Å².